The normalized spacial score (nSPS) is 11.8. The molecule has 0 radical (unpaired) electrons. The quantitative estimate of drug-likeness (QED) is 0.159. The number of benzene rings is 2. The van der Waals surface area contributed by atoms with Gasteiger partial charge in [0.05, 0.1) is 26.9 Å². The molecular formula is C31H45N5O4. The summed E-state index contributed by atoms with van der Waals surface area (Å²) in [6, 6.07) is 16.3. The van der Waals surface area contributed by atoms with Crippen LogP contribution in [0.5, 0.6) is 11.5 Å². The van der Waals surface area contributed by atoms with Crippen LogP contribution in [0.3, 0.4) is 0 Å². The molecule has 2 aromatic carbocycles. The van der Waals surface area contributed by atoms with Gasteiger partial charge >= 0.3 is 0 Å². The third-order valence-electron chi connectivity index (χ3n) is 6.61. The van der Waals surface area contributed by atoms with E-state index in [1.54, 1.807) is 7.11 Å². The van der Waals surface area contributed by atoms with Crippen LogP contribution >= 0.6 is 0 Å². The van der Waals surface area contributed by atoms with E-state index in [2.05, 4.69) is 39.7 Å². The van der Waals surface area contributed by atoms with Crippen LogP contribution in [0.1, 0.15) is 55.0 Å². The first kappa shape index (κ1) is 31.1. The van der Waals surface area contributed by atoms with E-state index >= 15 is 0 Å². The first-order chi connectivity index (χ1) is 19.5. The van der Waals surface area contributed by atoms with Crippen LogP contribution < -0.4 is 25.8 Å². The molecule has 0 spiro atoms. The van der Waals surface area contributed by atoms with Gasteiger partial charge in [-0.05, 0) is 49.9 Å². The predicted octanol–water partition coefficient (Wildman–Crippen LogP) is 4.50. The third-order valence-corrected chi connectivity index (χ3v) is 6.61. The zero-order valence-corrected chi connectivity index (χ0v) is 24.1. The van der Waals surface area contributed by atoms with Crippen LogP contribution in [-0.2, 0) is 17.8 Å². The Kier molecular flexibility index (Phi) is 13.5. The van der Waals surface area contributed by atoms with Gasteiger partial charge in [-0.1, -0.05) is 49.7 Å². The Hall–Kier alpha value is -3.40. The van der Waals surface area contributed by atoms with E-state index in [1.807, 2.05) is 43.3 Å². The molecule has 5 N–H and O–H groups in total. The number of aliphatic hydroxyl groups is 1. The maximum absolute atomic E-state index is 8.85. The number of nitrogens with two attached hydrogens (primary N) is 1. The van der Waals surface area contributed by atoms with Crippen molar-refractivity contribution in [3.8, 4) is 11.5 Å². The van der Waals surface area contributed by atoms with Gasteiger partial charge in [-0.15, -0.1) is 0 Å². The minimum atomic E-state index is 0.137. The van der Waals surface area contributed by atoms with Gasteiger partial charge in [-0.2, -0.15) is 4.98 Å². The molecule has 0 aliphatic rings. The number of aromatic nitrogens is 2. The molecule has 1 aromatic heterocycles. The summed E-state index contributed by atoms with van der Waals surface area (Å²) in [5.74, 6) is 2.51. The molecule has 1 heterocycles. The second-order valence-electron chi connectivity index (χ2n) is 9.78. The summed E-state index contributed by atoms with van der Waals surface area (Å²) in [4.78, 5) is 9.05. The number of nitrogen functional groups attached to an aromatic ring is 1. The zero-order chi connectivity index (χ0) is 28.6. The molecule has 0 amide bonds. The lowest BCUT2D eigenvalue weighted by Crippen LogP contribution is -2.24. The molecule has 3 aromatic rings. The fourth-order valence-corrected chi connectivity index (χ4v) is 4.51. The van der Waals surface area contributed by atoms with Crippen molar-refractivity contribution in [2.24, 2.45) is 0 Å². The van der Waals surface area contributed by atoms with Crippen LogP contribution in [0.4, 0.5) is 11.8 Å². The molecule has 9 nitrogen and oxygen atoms in total. The molecule has 0 fully saturated rings. The van der Waals surface area contributed by atoms with Crippen molar-refractivity contribution in [1.82, 2.24) is 15.3 Å². The molecule has 0 aliphatic heterocycles. The van der Waals surface area contributed by atoms with E-state index < -0.39 is 0 Å². The summed E-state index contributed by atoms with van der Waals surface area (Å²) < 4.78 is 17.6. The molecule has 9 heteroatoms. The summed E-state index contributed by atoms with van der Waals surface area (Å²) in [7, 11) is 1.67. The van der Waals surface area contributed by atoms with Gasteiger partial charge in [-0.3, -0.25) is 0 Å². The number of hydrogen-bond acceptors (Lipinski definition) is 9. The van der Waals surface area contributed by atoms with Crippen molar-refractivity contribution in [2.45, 2.75) is 58.6 Å². The van der Waals surface area contributed by atoms with Crippen LogP contribution in [0.25, 0.3) is 0 Å². The van der Waals surface area contributed by atoms with Crippen LogP contribution in [0.2, 0.25) is 0 Å². The minimum absolute atomic E-state index is 0.137. The van der Waals surface area contributed by atoms with Crippen LogP contribution in [0, 0.1) is 6.92 Å². The smallest absolute Gasteiger partial charge is 0.222 e. The molecule has 0 saturated heterocycles. The van der Waals surface area contributed by atoms with E-state index in [4.69, 9.17) is 25.1 Å². The van der Waals surface area contributed by atoms with Crippen molar-refractivity contribution < 1.29 is 19.3 Å². The van der Waals surface area contributed by atoms with Gasteiger partial charge in [0.15, 0.2) is 0 Å². The van der Waals surface area contributed by atoms with Gasteiger partial charge in [0.25, 0.3) is 0 Å². The van der Waals surface area contributed by atoms with E-state index in [-0.39, 0.29) is 18.6 Å². The predicted molar refractivity (Wildman–Crippen MR) is 160 cm³/mol. The highest BCUT2D eigenvalue weighted by Gasteiger charge is 2.18. The minimum Gasteiger partial charge on any atom is -0.496 e. The molecule has 40 heavy (non-hydrogen) atoms. The number of anilines is 2. The second kappa shape index (κ2) is 17.3. The monoisotopic (exact) mass is 551 g/mol. The van der Waals surface area contributed by atoms with Gasteiger partial charge in [0.2, 0.25) is 5.95 Å². The fraction of sp³-hybridized carbons (Fsp3) is 0.484. The molecule has 1 unspecified atom stereocenters. The number of methoxy groups -OCH3 is 1. The zero-order valence-electron chi connectivity index (χ0n) is 24.1. The van der Waals surface area contributed by atoms with Crippen LogP contribution in [0.15, 0.2) is 48.5 Å². The first-order valence-electron chi connectivity index (χ1n) is 14.2. The fourth-order valence-electron chi connectivity index (χ4n) is 4.51. The third kappa shape index (κ3) is 10.3. The molecule has 0 bridgehead atoms. The summed E-state index contributed by atoms with van der Waals surface area (Å²) >= 11 is 0. The van der Waals surface area contributed by atoms with Crippen molar-refractivity contribution in [3.05, 3.63) is 70.9 Å². The Morgan fingerprint density at radius 2 is 1.85 bits per heavy atom. The van der Waals surface area contributed by atoms with Gasteiger partial charge in [0, 0.05) is 42.9 Å². The molecule has 0 saturated carbocycles. The Labute approximate surface area is 238 Å². The van der Waals surface area contributed by atoms with E-state index in [0.717, 1.165) is 66.4 Å². The first-order valence-corrected chi connectivity index (χ1v) is 14.2. The Bertz CT molecular complexity index is 1150. The van der Waals surface area contributed by atoms with Crippen molar-refractivity contribution in [1.29, 1.82) is 0 Å². The van der Waals surface area contributed by atoms with Gasteiger partial charge in [0.1, 0.15) is 17.3 Å². The SMILES string of the molecule is CCCC(CCOCc1ccccc1)Nc1nc(N)nc(C)c1Cc1ccc(OCCCNCCO)cc1OC. The lowest BCUT2D eigenvalue weighted by molar-refractivity contribution is 0.114. The second-order valence-corrected chi connectivity index (χ2v) is 9.78. The summed E-state index contributed by atoms with van der Waals surface area (Å²) in [5.41, 5.74) is 10.1. The Morgan fingerprint density at radius 3 is 2.60 bits per heavy atom. The summed E-state index contributed by atoms with van der Waals surface area (Å²) in [5, 5.41) is 15.7. The number of hydrogen-bond donors (Lipinski definition) is 4. The lowest BCUT2D eigenvalue weighted by Gasteiger charge is -2.22. The maximum Gasteiger partial charge on any atom is 0.222 e. The number of aliphatic hydroxyl groups excluding tert-OH is 1. The highest BCUT2D eigenvalue weighted by Crippen LogP contribution is 2.30. The molecule has 1 atom stereocenters. The highest BCUT2D eigenvalue weighted by atomic mass is 16.5. The topological polar surface area (TPSA) is 124 Å². The molecule has 0 aliphatic carbocycles. The number of nitrogens with zero attached hydrogens (tertiary/aromatic N) is 2. The lowest BCUT2D eigenvalue weighted by atomic mass is 10.0. The van der Waals surface area contributed by atoms with Crippen molar-refractivity contribution >= 4 is 11.8 Å². The number of aryl methyl sites for hydroxylation is 1. The van der Waals surface area contributed by atoms with Crippen molar-refractivity contribution in [3.63, 3.8) is 0 Å². The molecule has 218 valence electrons. The van der Waals surface area contributed by atoms with E-state index in [1.165, 1.54) is 5.56 Å². The largest absolute Gasteiger partial charge is 0.496 e. The van der Waals surface area contributed by atoms with Crippen molar-refractivity contribution in [2.75, 3.05) is 51.1 Å². The number of rotatable bonds is 19. The van der Waals surface area contributed by atoms with E-state index in [0.29, 0.717) is 32.8 Å². The van der Waals surface area contributed by atoms with Gasteiger partial charge in [-0.25, -0.2) is 4.98 Å². The molecule has 3 rings (SSSR count). The highest BCUT2D eigenvalue weighted by molar-refractivity contribution is 5.54. The maximum atomic E-state index is 8.85. The molecular weight excluding hydrogens is 506 g/mol. The standard InChI is InChI=1S/C31H45N5O4/c1-4-9-26(14-19-39-22-24-10-6-5-7-11-24)35-30-28(23(2)34-31(32)36-30)20-25-12-13-27(21-29(25)38-3)40-18-8-15-33-16-17-37/h5-7,10-13,21,26,33,37H,4,8-9,14-20,22H2,1-3H3,(H3,32,34,35,36). The average molecular weight is 552 g/mol. The number of nitrogens with one attached hydrogen (secondary N) is 2. The average Bonchev–Trinajstić information content (AvgIpc) is 2.95. The Morgan fingerprint density at radius 1 is 1.02 bits per heavy atom. The summed E-state index contributed by atoms with van der Waals surface area (Å²) in [6.45, 7) is 7.49. The van der Waals surface area contributed by atoms with E-state index in [9.17, 15) is 0 Å². The number of ether oxygens (including phenoxy) is 3. The van der Waals surface area contributed by atoms with Gasteiger partial charge < -0.3 is 35.7 Å². The summed E-state index contributed by atoms with van der Waals surface area (Å²) in [6.07, 6.45) is 4.32. The van der Waals surface area contributed by atoms with Crippen LogP contribution in [-0.4, -0.2) is 61.1 Å². The Balaban J connectivity index is 1.66.